The molecule has 2 spiro atoms. The molecule has 1 N–H and O–H groups in total. The summed E-state index contributed by atoms with van der Waals surface area (Å²) >= 11 is 0. The number of fused-ring (bicyclic) bond motifs is 2. The van der Waals surface area contributed by atoms with Crippen LogP contribution < -0.4 is 5.32 Å². The van der Waals surface area contributed by atoms with Gasteiger partial charge in [-0.25, -0.2) is 0 Å². The van der Waals surface area contributed by atoms with Crippen LogP contribution in [-0.4, -0.2) is 29.9 Å². The van der Waals surface area contributed by atoms with Crippen molar-refractivity contribution in [1.82, 2.24) is 10.2 Å². The molecule has 4 nitrogen and oxygen atoms in total. The van der Waals surface area contributed by atoms with Crippen molar-refractivity contribution in [2.45, 2.75) is 62.4 Å². The predicted molar refractivity (Wildman–Crippen MR) is 116 cm³/mol. The summed E-state index contributed by atoms with van der Waals surface area (Å²) in [6, 6.07) is 11.5. The number of furan rings is 1. The Bertz CT molecular complexity index is 995. The number of benzene rings is 1. The predicted octanol–water partition coefficient (Wildman–Crippen LogP) is 4.92. The minimum absolute atomic E-state index is 0. The van der Waals surface area contributed by atoms with Gasteiger partial charge >= 0.3 is 0 Å². The van der Waals surface area contributed by atoms with Gasteiger partial charge in [0.1, 0.15) is 6.26 Å². The van der Waals surface area contributed by atoms with Crippen LogP contribution in [0.5, 0.6) is 0 Å². The first kappa shape index (κ1) is 17.6. The van der Waals surface area contributed by atoms with Gasteiger partial charge in [-0.3, -0.25) is 4.79 Å². The first-order valence-electron chi connectivity index (χ1n) is 11.9. The highest BCUT2D eigenvalue weighted by Gasteiger charge is 2.71. The van der Waals surface area contributed by atoms with E-state index in [1.165, 1.54) is 69.0 Å². The van der Waals surface area contributed by atoms with Crippen molar-refractivity contribution in [2.75, 3.05) is 13.1 Å². The summed E-state index contributed by atoms with van der Waals surface area (Å²) in [6.45, 7) is 2.44. The van der Waals surface area contributed by atoms with E-state index >= 15 is 0 Å². The number of likely N-dealkylation sites (tertiary alicyclic amines) is 1. The first-order chi connectivity index (χ1) is 14.7. The molecule has 1 amide bonds. The second-order valence-electron chi connectivity index (χ2n) is 10.7. The van der Waals surface area contributed by atoms with Gasteiger partial charge in [-0.2, -0.15) is 0 Å². The van der Waals surface area contributed by atoms with Crippen molar-refractivity contribution in [2.24, 2.45) is 17.3 Å². The Hall–Kier alpha value is -2.07. The number of rotatable bonds is 3. The Labute approximate surface area is 179 Å². The van der Waals surface area contributed by atoms with E-state index in [4.69, 9.17) is 4.42 Å². The van der Waals surface area contributed by atoms with Crippen molar-refractivity contribution in [3.63, 3.8) is 0 Å². The molecular weight excluding hydrogens is 372 g/mol. The molecule has 4 fully saturated rings. The van der Waals surface area contributed by atoms with Crippen LogP contribution in [0.1, 0.15) is 73.9 Å². The Morgan fingerprint density at radius 1 is 1.10 bits per heavy atom. The highest BCUT2D eigenvalue weighted by Crippen LogP contribution is 2.76. The number of carbonyl (C=O) groups is 1. The molecule has 1 unspecified atom stereocenters. The second-order valence-corrected chi connectivity index (χ2v) is 10.7. The average molecular weight is 405 g/mol. The van der Waals surface area contributed by atoms with Crippen LogP contribution in [0, 0.1) is 17.3 Å². The number of hydrogen-bond donors (Lipinski definition) is 1. The molecule has 4 aliphatic carbocycles. The summed E-state index contributed by atoms with van der Waals surface area (Å²) in [7, 11) is 0. The van der Waals surface area contributed by atoms with Gasteiger partial charge < -0.3 is 14.6 Å². The van der Waals surface area contributed by atoms with E-state index in [0.29, 0.717) is 5.56 Å². The third kappa shape index (κ3) is 2.29. The van der Waals surface area contributed by atoms with Crippen LogP contribution in [0.3, 0.4) is 0 Å². The van der Waals surface area contributed by atoms with Crippen molar-refractivity contribution < 1.29 is 10.6 Å². The molecule has 1 saturated heterocycles. The molecule has 1 aromatic carbocycles. The Morgan fingerprint density at radius 3 is 2.73 bits per heavy atom. The Kier molecular flexibility index (Phi) is 3.52. The zero-order valence-corrected chi connectivity index (χ0v) is 17.5. The molecule has 7 rings (SSSR count). The van der Waals surface area contributed by atoms with Crippen LogP contribution >= 0.6 is 0 Å². The normalized spacial score (nSPS) is 37.9. The number of carbonyl (C=O) groups excluding carboxylic acids is 1. The molecule has 0 radical (unpaired) electrons. The molecule has 30 heavy (non-hydrogen) atoms. The van der Waals surface area contributed by atoms with E-state index in [9.17, 15) is 4.79 Å². The molecule has 158 valence electrons. The Balaban J connectivity index is 0.00000185. The number of piperidine rings is 1. The summed E-state index contributed by atoms with van der Waals surface area (Å²) in [5, 5.41) is 3.29. The maximum Gasteiger partial charge on any atom is 0.255 e. The van der Waals surface area contributed by atoms with Gasteiger partial charge in [0, 0.05) is 12.9 Å². The van der Waals surface area contributed by atoms with Crippen LogP contribution in [-0.2, 0) is 5.41 Å². The van der Waals surface area contributed by atoms with Crippen molar-refractivity contribution in [1.29, 1.82) is 0 Å². The standard InChI is InChI=1S/C26H30N2O2.H2/c29-24(17-7-12-30-16-17)27-22-14-25(20-4-2-1-3-19(20)22)8-10-28(11-9-25)23-15-26-13-18(26)5-6-21(23)26;/h1-4,7,12,16,18,21-23H,5-6,8-11,13-15H2,(H,27,29);1H/t18-,21+,22+,23-,26?;/m1./s1. The molecule has 3 saturated carbocycles. The SMILES string of the molecule is O=C(N[C@H]1CC2(CCN([C@@H]3CC45C[C@H]4CC[C@@H]35)CC2)c2ccccc21)c1ccoc1.[HH]. The highest BCUT2D eigenvalue weighted by atomic mass is 16.3. The van der Waals surface area contributed by atoms with Gasteiger partial charge in [-0.05, 0) is 92.5 Å². The van der Waals surface area contributed by atoms with Crippen molar-refractivity contribution in [3.05, 3.63) is 59.5 Å². The fraction of sp³-hybridized carbons (Fsp3) is 0.577. The first-order valence-corrected chi connectivity index (χ1v) is 11.9. The quantitative estimate of drug-likeness (QED) is 0.790. The molecule has 5 atom stereocenters. The van der Waals surface area contributed by atoms with Crippen molar-refractivity contribution in [3.8, 4) is 0 Å². The fourth-order valence-electron chi connectivity index (χ4n) is 8.06. The van der Waals surface area contributed by atoms with Crippen LogP contribution in [0.15, 0.2) is 47.3 Å². The Morgan fingerprint density at radius 2 is 1.97 bits per heavy atom. The lowest BCUT2D eigenvalue weighted by atomic mass is 9.65. The smallest absolute Gasteiger partial charge is 0.255 e. The van der Waals surface area contributed by atoms with Crippen LogP contribution in [0.2, 0.25) is 0 Å². The largest absolute Gasteiger partial charge is 0.472 e. The topological polar surface area (TPSA) is 45.5 Å². The lowest BCUT2D eigenvalue weighted by Crippen LogP contribution is -2.56. The molecule has 1 aromatic heterocycles. The van der Waals surface area contributed by atoms with E-state index in [-0.39, 0.29) is 18.8 Å². The van der Waals surface area contributed by atoms with Gasteiger partial charge in [-0.15, -0.1) is 0 Å². The summed E-state index contributed by atoms with van der Waals surface area (Å²) in [5.74, 6) is 2.07. The van der Waals surface area contributed by atoms with E-state index < -0.39 is 0 Å². The zero-order valence-electron chi connectivity index (χ0n) is 17.5. The minimum Gasteiger partial charge on any atom is -0.472 e. The molecule has 5 aliphatic rings. The monoisotopic (exact) mass is 404 g/mol. The summed E-state index contributed by atoms with van der Waals surface area (Å²) < 4.78 is 5.10. The second kappa shape index (κ2) is 6.00. The van der Waals surface area contributed by atoms with Gasteiger partial charge in [0.2, 0.25) is 0 Å². The molecule has 2 aromatic rings. The summed E-state index contributed by atoms with van der Waals surface area (Å²) in [6.07, 6.45) is 12.6. The van der Waals surface area contributed by atoms with E-state index in [0.717, 1.165) is 29.7 Å². The summed E-state index contributed by atoms with van der Waals surface area (Å²) in [4.78, 5) is 15.5. The van der Waals surface area contributed by atoms with Gasteiger partial charge in [0.15, 0.2) is 0 Å². The number of hydrogen-bond acceptors (Lipinski definition) is 3. The van der Waals surface area contributed by atoms with E-state index in [2.05, 4.69) is 34.5 Å². The molecular formula is C26H32N2O2. The lowest BCUT2D eigenvalue weighted by molar-refractivity contribution is -0.0258. The molecule has 4 heteroatoms. The van der Waals surface area contributed by atoms with Crippen LogP contribution in [0.4, 0.5) is 0 Å². The highest BCUT2D eigenvalue weighted by molar-refractivity contribution is 5.94. The third-order valence-corrected chi connectivity index (χ3v) is 9.71. The summed E-state index contributed by atoms with van der Waals surface area (Å²) in [5.41, 5.74) is 4.44. The van der Waals surface area contributed by atoms with Gasteiger partial charge in [-0.1, -0.05) is 24.3 Å². The number of amides is 1. The average Bonchev–Trinajstić information content (AvgIpc) is 3.05. The van der Waals surface area contributed by atoms with Gasteiger partial charge in [0.25, 0.3) is 5.91 Å². The fourth-order valence-corrected chi connectivity index (χ4v) is 8.06. The molecule has 0 bridgehead atoms. The van der Waals surface area contributed by atoms with E-state index in [1.54, 1.807) is 12.3 Å². The van der Waals surface area contributed by atoms with Gasteiger partial charge in [0.05, 0.1) is 17.9 Å². The zero-order chi connectivity index (χ0) is 19.9. The lowest BCUT2D eigenvalue weighted by Gasteiger charge is -2.53. The number of nitrogens with one attached hydrogen (secondary N) is 1. The van der Waals surface area contributed by atoms with E-state index in [1.807, 2.05) is 0 Å². The van der Waals surface area contributed by atoms with Crippen LogP contribution in [0.25, 0.3) is 0 Å². The molecule has 1 aliphatic heterocycles. The molecule has 2 heterocycles. The minimum atomic E-state index is -0.0296. The third-order valence-electron chi connectivity index (χ3n) is 9.71. The maximum atomic E-state index is 12.7. The van der Waals surface area contributed by atoms with Crippen molar-refractivity contribution >= 4 is 5.91 Å². The number of nitrogens with zero attached hydrogens (tertiary/aromatic N) is 1. The maximum absolute atomic E-state index is 12.7.